The molecule has 19 heavy (non-hydrogen) atoms. The van der Waals surface area contributed by atoms with E-state index in [0.29, 0.717) is 0 Å². The molecular weight excluding hydrogens is 246 g/mol. The third-order valence-corrected chi connectivity index (χ3v) is 3.69. The van der Waals surface area contributed by atoms with Crippen LogP contribution in [0.1, 0.15) is 37.8 Å². The molecule has 1 fully saturated rings. The maximum atomic E-state index is 13.4. The molecule has 1 aliphatic rings. The lowest BCUT2D eigenvalue weighted by molar-refractivity contribution is 0.162. The van der Waals surface area contributed by atoms with Crippen LogP contribution in [0.3, 0.4) is 0 Å². The number of unbranched alkanes of at least 4 members (excludes halogenated alkanes) is 1. The summed E-state index contributed by atoms with van der Waals surface area (Å²) in [4.78, 5) is 2.33. The van der Waals surface area contributed by atoms with Gasteiger partial charge < -0.3 is 5.32 Å². The van der Waals surface area contributed by atoms with E-state index < -0.39 is 11.6 Å². The van der Waals surface area contributed by atoms with Crippen molar-refractivity contribution in [1.29, 1.82) is 0 Å². The monoisotopic (exact) mass is 268 g/mol. The summed E-state index contributed by atoms with van der Waals surface area (Å²) >= 11 is 0. The van der Waals surface area contributed by atoms with Crippen molar-refractivity contribution < 1.29 is 8.78 Å². The van der Waals surface area contributed by atoms with E-state index in [9.17, 15) is 8.78 Å². The lowest BCUT2D eigenvalue weighted by Gasteiger charge is -2.35. The molecule has 1 aliphatic heterocycles. The maximum Gasteiger partial charge on any atom is 0.126 e. The van der Waals surface area contributed by atoms with Crippen molar-refractivity contribution in [3.63, 3.8) is 0 Å². The fourth-order valence-electron chi connectivity index (χ4n) is 2.72. The van der Waals surface area contributed by atoms with E-state index in [1.807, 2.05) is 0 Å². The minimum absolute atomic E-state index is 0.132. The molecule has 0 spiro atoms. The molecule has 1 saturated heterocycles. The highest BCUT2D eigenvalue weighted by atomic mass is 19.1. The van der Waals surface area contributed by atoms with Crippen LogP contribution in [0.2, 0.25) is 0 Å². The SMILES string of the molecule is CCCC[C@H](c1cc(F)cc(F)c1)N1CCNCC1. The number of hydrogen-bond acceptors (Lipinski definition) is 2. The summed E-state index contributed by atoms with van der Waals surface area (Å²) in [6, 6.07) is 4.03. The predicted molar refractivity (Wildman–Crippen MR) is 73.1 cm³/mol. The molecule has 0 unspecified atom stereocenters. The van der Waals surface area contributed by atoms with Crippen LogP contribution >= 0.6 is 0 Å². The Bertz CT molecular complexity index is 383. The highest BCUT2D eigenvalue weighted by Gasteiger charge is 2.22. The van der Waals surface area contributed by atoms with Crippen molar-refractivity contribution in [3.8, 4) is 0 Å². The molecule has 0 bridgehead atoms. The van der Waals surface area contributed by atoms with E-state index in [1.165, 1.54) is 12.1 Å². The Labute approximate surface area is 113 Å². The van der Waals surface area contributed by atoms with Gasteiger partial charge in [-0.25, -0.2) is 8.78 Å². The second-order valence-corrected chi connectivity index (χ2v) is 5.15. The summed E-state index contributed by atoms with van der Waals surface area (Å²) in [5, 5.41) is 3.31. The van der Waals surface area contributed by atoms with Gasteiger partial charge in [0.2, 0.25) is 0 Å². The first kappa shape index (κ1) is 14.4. The van der Waals surface area contributed by atoms with Crippen LogP contribution in [-0.4, -0.2) is 31.1 Å². The molecule has 0 aromatic heterocycles. The summed E-state index contributed by atoms with van der Waals surface area (Å²) in [6.45, 7) is 5.90. The van der Waals surface area contributed by atoms with Gasteiger partial charge in [0.05, 0.1) is 0 Å². The number of benzene rings is 1. The van der Waals surface area contributed by atoms with Gasteiger partial charge in [0.25, 0.3) is 0 Å². The van der Waals surface area contributed by atoms with Gasteiger partial charge in [0.15, 0.2) is 0 Å². The van der Waals surface area contributed by atoms with Crippen molar-refractivity contribution in [2.45, 2.75) is 32.2 Å². The fourth-order valence-corrected chi connectivity index (χ4v) is 2.72. The van der Waals surface area contributed by atoms with Gasteiger partial charge in [-0.3, -0.25) is 4.90 Å². The zero-order chi connectivity index (χ0) is 13.7. The number of halogens is 2. The van der Waals surface area contributed by atoms with Gasteiger partial charge in [-0.2, -0.15) is 0 Å². The first-order chi connectivity index (χ1) is 9.20. The third-order valence-electron chi connectivity index (χ3n) is 3.69. The van der Waals surface area contributed by atoms with E-state index in [-0.39, 0.29) is 6.04 Å². The Morgan fingerprint density at radius 2 is 1.79 bits per heavy atom. The third kappa shape index (κ3) is 3.98. The van der Waals surface area contributed by atoms with Crippen LogP contribution in [0.15, 0.2) is 18.2 Å². The van der Waals surface area contributed by atoms with Crippen molar-refractivity contribution in [3.05, 3.63) is 35.4 Å². The number of nitrogens with zero attached hydrogens (tertiary/aromatic N) is 1. The molecule has 0 radical (unpaired) electrons. The van der Waals surface area contributed by atoms with E-state index in [0.717, 1.165) is 57.1 Å². The van der Waals surface area contributed by atoms with Gasteiger partial charge in [-0.15, -0.1) is 0 Å². The van der Waals surface area contributed by atoms with E-state index in [4.69, 9.17) is 0 Å². The molecule has 2 nitrogen and oxygen atoms in total. The van der Waals surface area contributed by atoms with Crippen molar-refractivity contribution in [2.75, 3.05) is 26.2 Å². The van der Waals surface area contributed by atoms with Crippen LogP contribution < -0.4 is 5.32 Å². The van der Waals surface area contributed by atoms with Gasteiger partial charge >= 0.3 is 0 Å². The lowest BCUT2D eigenvalue weighted by Crippen LogP contribution is -2.45. The van der Waals surface area contributed by atoms with Crippen LogP contribution in [0, 0.1) is 11.6 Å². The Balaban J connectivity index is 2.19. The molecule has 4 heteroatoms. The molecular formula is C15H22F2N2. The van der Waals surface area contributed by atoms with Crippen molar-refractivity contribution >= 4 is 0 Å². The molecule has 1 aromatic rings. The minimum atomic E-state index is -0.480. The largest absolute Gasteiger partial charge is 0.314 e. The molecule has 1 atom stereocenters. The van der Waals surface area contributed by atoms with Crippen LogP contribution in [0.4, 0.5) is 8.78 Å². The Morgan fingerprint density at radius 1 is 1.16 bits per heavy atom. The van der Waals surface area contributed by atoms with E-state index in [1.54, 1.807) is 0 Å². The van der Waals surface area contributed by atoms with Crippen LogP contribution in [0.25, 0.3) is 0 Å². The number of hydrogen-bond donors (Lipinski definition) is 1. The molecule has 106 valence electrons. The summed E-state index contributed by atoms with van der Waals surface area (Å²) in [5.74, 6) is -0.960. The predicted octanol–water partition coefficient (Wildman–Crippen LogP) is 3.10. The average molecular weight is 268 g/mol. The lowest BCUT2D eigenvalue weighted by atomic mass is 9.98. The number of piperazine rings is 1. The highest BCUT2D eigenvalue weighted by molar-refractivity contribution is 5.21. The standard InChI is InChI=1S/C15H22F2N2/c1-2-3-4-15(19-7-5-18-6-8-19)12-9-13(16)11-14(17)10-12/h9-11,15,18H,2-8H2,1H3/t15-/m1/s1. The second-order valence-electron chi connectivity index (χ2n) is 5.15. The molecule has 1 N–H and O–H groups in total. The smallest absolute Gasteiger partial charge is 0.126 e. The second kappa shape index (κ2) is 6.96. The first-order valence-corrected chi connectivity index (χ1v) is 7.11. The normalized spacial score (nSPS) is 18.5. The maximum absolute atomic E-state index is 13.4. The van der Waals surface area contributed by atoms with E-state index in [2.05, 4.69) is 17.1 Å². The van der Waals surface area contributed by atoms with Gasteiger partial charge in [0.1, 0.15) is 11.6 Å². The summed E-state index contributed by atoms with van der Waals surface area (Å²) < 4.78 is 26.8. The van der Waals surface area contributed by atoms with Crippen molar-refractivity contribution in [2.24, 2.45) is 0 Å². The minimum Gasteiger partial charge on any atom is -0.314 e. The van der Waals surface area contributed by atoms with Gasteiger partial charge in [0, 0.05) is 38.3 Å². The van der Waals surface area contributed by atoms with Crippen LogP contribution in [-0.2, 0) is 0 Å². The zero-order valence-corrected chi connectivity index (χ0v) is 11.5. The van der Waals surface area contributed by atoms with E-state index >= 15 is 0 Å². The Morgan fingerprint density at radius 3 is 2.37 bits per heavy atom. The molecule has 1 aromatic carbocycles. The molecule has 0 saturated carbocycles. The number of rotatable bonds is 5. The zero-order valence-electron chi connectivity index (χ0n) is 11.5. The first-order valence-electron chi connectivity index (χ1n) is 7.11. The Hall–Kier alpha value is -1.00. The topological polar surface area (TPSA) is 15.3 Å². The Kier molecular flexibility index (Phi) is 5.28. The van der Waals surface area contributed by atoms with Gasteiger partial charge in [-0.1, -0.05) is 19.8 Å². The van der Waals surface area contributed by atoms with Crippen molar-refractivity contribution in [1.82, 2.24) is 10.2 Å². The summed E-state index contributed by atoms with van der Waals surface area (Å²) in [7, 11) is 0. The fraction of sp³-hybridized carbons (Fsp3) is 0.600. The molecule has 1 heterocycles. The number of nitrogens with one attached hydrogen (secondary N) is 1. The van der Waals surface area contributed by atoms with Gasteiger partial charge in [-0.05, 0) is 24.1 Å². The molecule has 0 aliphatic carbocycles. The molecule has 0 amide bonds. The summed E-state index contributed by atoms with van der Waals surface area (Å²) in [5.41, 5.74) is 0.771. The quantitative estimate of drug-likeness (QED) is 0.882. The van der Waals surface area contributed by atoms with Crippen LogP contribution in [0.5, 0.6) is 0 Å². The highest BCUT2D eigenvalue weighted by Crippen LogP contribution is 2.27. The summed E-state index contributed by atoms with van der Waals surface area (Å²) in [6.07, 6.45) is 3.13. The molecule has 2 rings (SSSR count). The average Bonchev–Trinajstić information content (AvgIpc) is 2.39.